The second-order valence-corrected chi connectivity index (χ2v) is 9.05. The van der Waals surface area contributed by atoms with E-state index >= 15 is 0 Å². The van der Waals surface area contributed by atoms with Crippen molar-refractivity contribution in [3.8, 4) is 11.9 Å². The number of aromatic nitrogens is 5. The molecule has 4 aromatic rings. The van der Waals surface area contributed by atoms with Crippen LogP contribution in [-0.2, 0) is 25.3 Å². The number of alkyl halides is 6. The molecule has 4 rings (SSSR count). The van der Waals surface area contributed by atoms with E-state index in [1.165, 1.54) is 31.3 Å². The van der Waals surface area contributed by atoms with E-state index in [1.54, 1.807) is 0 Å². The van der Waals surface area contributed by atoms with Gasteiger partial charge in [0.15, 0.2) is 23.0 Å². The Balaban J connectivity index is 1.83. The summed E-state index contributed by atoms with van der Waals surface area (Å²) in [7, 11) is 0. The monoisotopic (exact) mass is 596 g/mol. The number of carboxylic acids is 1. The van der Waals surface area contributed by atoms with Crippen molar-refractivity contribution < 1.29 is 41.0 Å². The van der Waals surface area contributed by atoms with Gasteiger partial charge in [0, 0.05) is 12.6 Å². The van der Waals surface area contributed by atoms with Crippen molar-refractivity contribution in [2.75, 3.05) is 0 Å². The number of hydrogen-bond donors (Lipinski definition) is 1. The van der Waals surface area contributed by atoms with Crippen molar-refractivity contribution >= 4 is 23.4 Å². The molecule has 1 aromatic carbocycles. The first-order valence-electron chi connectivity index (χ1n) is 11.3. The van der Waals surface area contributed by atoms with Crippen LogP contribution in [0.25, 0.3) is 5.82 Å². The zero-order chi connectivity index (χ0) is 30.3. The normalized spacial score (nSPS) is 11.9. The number of pyridine rings is 1. The number of hydrogen-bond acceptors (Lipinski definition) is 6. The van der Waals surface area contributed by atoms with Crippen molar-refractivity contribution in [1.29, 1.82) is 5.26 Å². The van der Waals surface area contributed by atoms with Crippen LogP contribution in [0.5, 0.6) is 0 Å². The van der Waals surface area contributed by atoms with Crippen molar-refractivity contribution in [3.63, 3.8) is 0 Å². The highest BCUT2D eigenvalue weighted by atomic mass is 35.5. The Bertz CT molecular complexity index is 1720. The van der Waals surface area contributed by atoms with Gasteiger partial charge in [-0.2, -0.15) is 36.7 Å². The van der Waals surface area contributed by atoms with E-state index in [2.05, 4.69) is 15.1 Å². The third kappa shape index (κ3) is 5.92. The van der Waals surface area contributed by atoms with E-state index in [0.717, 1.165) is 16.8 Å². The highest BCUT2D eigenvalue weighted by molar-refractivity contribution is 6.32. The largest absolute Gasteiger partial charge is 0.478 e. The number of nitrogens with zero attached hydrogens (tertiary/aromatic N) is 6. The van der Waals surface area contributed by atoms with Crippen LogP contribution in [0.1, 0.15) is 54.6 Å². The van der Waals surface area contributed by atoms with Crippen molar-refractivity contribution in [1.82, 2.24) is 24.3 Å². The maximum atomic E-state index is 13.6. The van der Waals surface area contributed by atoms with E-state index in [1.807, 2.05) is 6.07 Å². The fraction of sp³-hybridized carbons (Fsp3) is 0.200. The first-order chi connectivity index (χ1) is 19.1. The second kappa shape index (κ2) is 10.7. The molecular formula is C25H15ClF6N6O3. The predicted octanol–water partition coefficient (Wildman–Crippen LogP) is 5.51. The molecule has 41 heavy (non-hydrogen) atoms. The highest BCUT2D eigenvalue weighted by Crippen LogP contribution is 2.39. The summed E-state index contributed by atoms with van der Waals surface area (Å²) in [5.74, 6) is -2.29. The number of carbonyl (C=O) groups excluding carboxylic acids is 1. The van der Waals surface area contributed by atoms with Crippen LogP contribution in [-0.4, -0.2) is 41.2 Å². The molecule has 3 aromatic heterocycles. The number of carboxylic acid groups (broad SMARTS) is 1. The summed E-state index contributed by atoms with van der Waals surface area (Å²) in [4.78, 5) is 32.3. The second-order valence-electron chi connectivity index (χ2n) is 8.64. The average molecular weight is 597 g/mol. The third-order valence-electron chi connectivity index (χ3n) is 5.86. The number of benzene rings is 1. The smallest absolute Gasteiger partial charge is 0.435 e. The highest BCUT2D eigenvalue weighted by Gasteiger charge is 2.47. The minimum absolute atomic E-state index is 0.0186. The standard InChI is InChI=1S/C25H15ClF6N6O3/c1-12-5-13(9-33)6-16(23(40)41)15(12)8-19(39)18-7-14(36-38(18)22-17(26)3-2-4-34-22)10-37-11-35-20(24(27,28)29)21(37)25(30,31)32/h2-7,11H,8,10H2,1H3,(H,40,41). The van der Waals surface area contributed by atoms with Crippen LogP contribution < -0.4 is 0 Å². The number of aryl methyl sites for hydroxylation is 1. The molecule has 0 amide bonds. The van der Waals surface area contributed by atoms with Gasteiger partial charge in [-0.25, -0.2) is 19.4 Å². The fourth-order valence-electron chi connectivity index (χ4n) is 4.14. The Morgan fingerprint density at radius 3 is 2.39 bits per heavy atom. The molecule has 16 heteroatoms. The number of aromatic carboxylic acids is 1. The van der Waals surface area contributed by atoms with Crippen LogP contribution >= 0.6 is 11.6 Å². The van der Waals surface area contributed by atoms with Gasteiger partial charge in [0.2, 0.25) is 0 Å². The van der Waals surface area contributed by atoms with E-state index in [4.69, 9.17) is 16.9 Å². The Hall–Kier alpha value is -4.71. The molecule has 0 aliphatic rings. The van der Waals surface area contributed by atoms with Gasteiger partial charge >= 0.3 is 18.3 Å². The topological polar surface area (TPSA) is 127 Å². The summed E-state index contributed by atoms with van der Waals surface area (Å²) < 4.78 is 81.6. The number of halogens is 7. The summed E-state index contributed by atoms with van der Waals surface area (Å²) in [5, 5.41) is 22.9. The molecule has 0 radical (unpaired) electrons. The minimum atomic E-state index is -5.42. The molecule has 0 fully saturated rings. The molecule has 0 spiro atoms. The molecule has 0 aliphatic carbocycles. The SMILES string of the molecule is Cc1cc(C#N)cc(C(=O)O)c1CC(=O)c1cc(Cn2cnc(C(F)(F)F)c2C(F)(F)F)nn1-c1ncccc1Cl. The Morgan fingerprint density at radius 2 is 1.80 bits per heavy atom. The molecule has 212 valence electrons. The van der Waals surface area contributed by atoms with Gasteiger partial charge in [-0.1, -0.05) is 11.6 Å². The molecule has 0 aliphatic heterocycles. The predicted molar refractivity (Wildman–Crippen MR) is 129 cm³/mol. The van der Waals surface area contributed by atoms with E-state index < -0.39 is 48.5 Å². The lowest BCUT2D eigenvalue weighted by Gasteiger charge is -2.13. The van der Waals surface area contributed by atoms with Gasteiger partial charge in [0.1, 0.15) is 5.69 Å². The summed E-state index contributed by atoms with van der Waals surface area (Å²) in [6.45, 7) is 0.621. The van der Waals surface area contributed by atoms with Gasteiger partial charge in [0.05, 0.1) is 40.8 Å². The number of carbonyl (C=O) groups is 2. The summed E-state index contributed by atoms with van der Waals surface area (Å²) in [6.07, 6.45) is -9.70. The molecule has 0 bridgehead atoms. The number of ketones is 1. The van der Waals surface area contributed by atoms with E-state index in [0.29, 0.717) is 11.9 Å². The molecule has 0 saturated heterocycles. The van der Waals surface area contributed by atoms with Gasteiger partial charge in [0.25, 0.3) is 0 Å². The van der Waals surface area contributed by atoms with Crippen molar-refractivity contribution in [3.05, 3.63) is 92.9 Å². The van der Waals surface area contributed by atoms with E-state index in [-0.39, 0.29) is 43.5 Å². The van der Waals surface area contributed by atoms with Gasteiger partial charge in [-0.3, -0.25) is 4.79 Å². The van der Waals surface area contributed by atoms with Gasteiger partial charge < -0.3 is 9.67 Å². The lowest BCUT2D eigenvalue weighted by atomic mass is 9.94. The fourth-order valence-corrected chi connectivity index (χ4v) is 4.34. The van der Waals surface area contributed by atoms with Crippen LogP contribution in [0.2, 0.25) is 5.02 Å². The maximum absolute atomic E-state index is 13.6. The molecule has 0 atom stereocenters. The van der Waals surface area contributed by atoms with Crippen LogP contribution in [0, 0.1) is 18.3 Å². The lowest BCUT2D eigenvalue weighted by Crippen LogP contribution is -2.20. The van der Waals surface area contributed by atoms with Crippen molar-refractivity contribution in [2.45, 2.75) is 32.2 Å². The molecule has 0 unspecified atom stereocenters. The Kier molecular flexibility index (Phi) is 7.64. The quantitative estimate of drug-likeness (QED) is 0.220. The zero-order valence-corrected chi connectivity index (χ0v) is 21.3. The third-order valence-corrected chi connectivity index (χ3v) is 6.16. The lowest BCUT2D eigenvalue weighted by molar-refractivity contribution is -0.167. The number of Topliss-reactive ketones (excluding diaryl/α,β-unsaturated/α-hetero) is 1. The minimum Gasteiger partial charge on any atom is -0.478 e. The summed E-state index contributed by atoms with van der Waals surface area (Å²) in [6, 6.07) is 8.18. The first kappa shape index (κ1) is 29.3. The summed E-state index contributed by atoms with van der Waals surface area (Å²) >= 11 is 6.20. The molecule has 1 N–H and O–H groups in total. The maximum Gasteiger partial charge on any atom is 0.435 e. The molecule has 9 nitrogen and oxygen atoms in total. The van der Waals surface area contributed by atoms with Crippen LogP contribution in [0.4, 0.5) is 26.3 Å². The zero-order valence-electron chi connectivity index (χ0n) is 20.5. The molecular weight excluding hydrogens is 582 g/mol. The van der Waals surface area contributed by atoms with E-state index in [9.17, 15) is 41.0 Å². The van der Waals surface area contributed by atoms with Crippen LogP contribution in [0.3, 0.4) is 0 Å². The van der Waals surface area contributed by atoms with Crippen molar-refractivity contribution in [2.24, 2.45) is 0 Å². The number of imidazole rings is 1. The first-order valence-corrected chi connectivity index (χ1v) is 11.7. The Morgan fingerprint density at radius 1 is 1.10 bits per heavy atom. The molecule has 0 saturated carbocycles. The number of nitriles is 1. The van der Waals surface area contributed by atoms with Crippen LogP contribution in [0.15, 0.2) is 42.9 Å². The molecule has 3 heterocycles. The van der Waals surface area contributed by atoms with Gasteiger partial charge in [-0.15, -0.1) is 0 Å². The average Bonchev–Trinajstić information content (AvgIpc) is 3.50. The number of rotatable bonds is 7. The Labute approximate surface area is 231 Å². The summed E-state index contributed by atoms with van der Waals surface area (Å²) in [5.41, 5.74) is -4.65. The van der Waals surface area contributed by atoms with Gasteiger partial charge in [-0.05, 0) is 48.4 Å².